The number of hydrogen-bond donors (Lipinski definition) is 2. The monoisotopic (exact) mass is 322 g/mol. The van der Waals surface area contributed by atoms with Crippen molar-refractivity contribution in [2.45, 2.75) is 32.7 Å². The highest BCUT2D eigenvalue weighted by atomic mass is 35.5. The Kier molecular flexibility index (Phi) is 6.76. The van der Waals surface area contributed by atoms with Gasteiger partial charge in [-0.1, -0.05) is 48.1 Å². The van der Waals surface area contributed by atoms with E-state index in [4.69, 9.17) is 34.8 Å². The molecule has 6 heteroatoms. The highest BCUT2D eigenvalue weighted by Gasteiger charge is 2.09. The van der Waals surface area contributed by atoms with Crippen LogP contribution in [0.3, 0.4) is 0 Å². The second-order valence-electron chi connectivity index (χ2n) is 4.36. The summed E-state index contributed by atoms with van der Waals surface area (Å²) >= 11 is 17.7. The van der Waals surface area contributed by atoms with Crippen LogP contribution in [0.5, 0.6) is 0 Å². The molecule has 1 aromatic rings. The average molecular weight is 324 g/mol. The Labute approximate surface area is 128 Å². The van der Waals surface area contributed by atoms with Crippen LogP contribution < -0.4 is 10.6 Å². The fraction of sp³-hybridized carbons (Fsp3) is 0.462. The molecule has 1 amide bonds. The van der Waals surface area contributed by atoms with Crippen LogP contribution in [0.1, 0.15) is 26.7 Å². The van der Waals surface area contributed by atoms with Crippen molar-refractivity contribution >= 4 is 46.4 Å². The van der Waals surface area contributed by atoms with Crippen LogP contribution in [0.2, 0.25) is 15.1 Å². The van der Waals surface area contributed by atoms with Gasteiger partial charge in [0.1, 0.15) is 0 Å². The zero-order valence-electron chi connectivity index (χ0n) is 10.9. The van der Waals surface area contributed by atoms with Gasteiger partial charge in [0.25, 0.3) is 0 Å². The second-order valence-corrected chi connectivity index (χ2v) is 5.58. The van der Waals surface area contributed by atoms with Gasteiger partial charge in [-0.3, -0.25) is 4.79 Å². The molecular weight excluding hydrogens is 307 g/mol. The van der Waals surface area contributed by atoms with Crippen LogP contribution in [0.25, 0.3) is 0 Å². The molecule has 0 heterocycles. The van der Waals surface area contributed by atoms with Crippen molar-refractivity contribution in [3.05, 3.63) is 27.2 Å². The third-order valence-electron chi connectivity index (χ3n) is 2.58. The van der Waals surface area contributed by atoms with E-state index in [0.29, 0.717) is 20.8 Å². The number of amides is 1. The van der Waals surface area contributed by atoms with E-state index < -0.39 is 0 Å². The van der Waals surface area contributed by atoms with Gasteiger partial charge in [0.2, 0.25) is 5.91 Å². The molecule has 1 unspecified atom stereocenters. The summed E-state index contributed by atoms with van der Waals surface area (Å²) in [7, 11) is 0. The summed E-state index contributed by atoms with van der Waals surface area (Å²) in [5.41, 5.74) is 0.592. The minimum Gasteiger partial charge on any atom is -0.375 e. The van der Waals surface area contributed by atoms with Crippen molar-refractivity contribution in [2.75, 3.05) is 11.9 Å². The van der Waals surface area contributed by atoms with E-state index in [2.05, 4.69) is 17.6 Å². The van der Waals surface area contributed by atoms with Crippen molar-refractivity contribution in [2.24, 2.45) is 0 Å². The summed E-state index contributed by atoms with van der Waals surface area (Å²) in [5, 5.41) is 7.05. The Morgan fingerprint density at radius 1 is 1.21 bits per heavy atom. The first-order valence-electron chi connectivity index (χ1n) is 6.11. The number of benzene rings is 1. The predicted molar refractivity (Wildman–Crippen MR) is 82.5 cm³/mol. The van der Waals surface area contributed by atoms with Crippen LogP contribution in [0.4, 0.5) is 5.69 Å². The van der Waals surface area contributed by atoms with Gasteiger partial charge in [0, 0.05) is 6.04 Å². The molecule has 0 aliphatic carbocycles. The van der Waals surface area contributed by atoms with Gasteiger partial charge < -0.3 is 10.6 Å². The van der Waals surface area contributed by atoms with Crippen LogP contribution in [0.15, 0.2) is 12.1 Å². The van der Waals surface area contributed by atoms with Gasteiger partial charge in [-0.25, -0.2) is 0 Å². The molecular formula is C13H17Cl3N2O. The Morgan fingerprint density at radius 2 is 1.84 bits per heavy atom. The van der Waals surface area contributed by atoms with Crippen LogP contribution in [-0.4, -0.2) is 18.5 Å². The van der Waals surface area contributed by atoms with E-state index in [0.717, 1.165) is 12.8 Å². The van der Waals surface area contributed by atoms with E-state index in [-0.39, 0.29) is 18.5 Å². The number of anilines is 1. The van der Waals surface area contributed by atoms with Gasteiger partial charge >= 0.3 is 0 Å². The lowest BCUT2D eigenvalue weighted by molar-refractivity contribution is -0.120. The van der Waals surface area contributed by atoms with Crippen molar-refractivity contribution in [3.63, 3.8) is 0 Å². The van der Waals surface area contributed by atoms with E-state index in [1.165, 1.54) is 0 Å². The van der Waals surface area contributed by atoms with Crippen molar-refractivity contribution in [1.29, 1.82) is 0 Å². The number of rotatable bonds is 6. The summed E-state index contributed by atoms with van der Waals surface area (Å²) in [6.45, 7) is 4.20. The Balaban J connectivity index is 2.53. The zero-order chi connectivity index (χ0) is 14.4. The molecule has 0 aliphatic rings. The van der Waals surface area contributed by atoms with Gasteiger partial charge in [0.15, 0.2) is 0 Å². The molecule has 3 nitrogen and oxygen atoms in total. The van der Waals surface area contributed by atoms with Crippen LogP contribution in [0, 0.1) is 0 Å². The highest BCUT2D eigenvalue weighted by Crippen LogP contribution is 2.31. The number of nitrogens with one attached hydrogen (secondary N) is 2. The minimum atomic E-state index is -0.0805. The molecule has 0 saturated carbocycles. The molecule has 0 bridgehead atoms. The van der Waals surface area contributed by atoms with E-state index in [9.17, 15) is 4.79 Å². The maximum atomic E-state index is 11.7. The average Bonchev–Trinajstić information content (AvgIpc) is 2.32. The molecule has 0 aliphatic heterocycles. The molecule has 0 aromatic heterocycles. The quantitative estimate of drug-likeness (QED) is 0.764. The van der Waals surface area contributed by atoms with Crippen LogP contribution in [-0.2, 0) is 4.79 Å². The summed E-state index contributed by atoms with van der Waals surface area (Å²) in [6.07, 6.45) is 1.99. The lowest BCUT2D eigenvalue weighted by Gasteiger charge is -2.14. The molecule has 0 fully saturated rings. The first-order valence-corrected chi connectivity index (χ1v) is 7.25. The van der Waals surface area contributed by atoms with Gasteiger partial charge in [-0.2, -0.15) is 0 Å². The molecule has 1 aromatic carbocycles. The van der Waals surface area contributed by atoms with E-state index in [1.807, 2.05) is 6.92 Å². The smallest absolute Gasteiger partial charge is 0.239 e. The SMILES string of the molecule is CCCC(C)NC(=O)CNc1cc(Cl)c(Cl)cc1Cl. The Morgan fingerprint density at radius 3 is 2.47 bits per heavy atom. The molecule has 106 valence electrons. The second kappa shape index (κ2) is 7.83. The third-order valence-corrected chi connectivity index (χ3v) is 3.61. The standard InChI is InChI=1S/C13H17Cl3N2O/c1-3-4-8(2)18-13(19)7-17-12-6-10(15)9(14)5-11(12)16/h5-6,8,17H,3-4,7H2,1-2H3,(H,18,19). The maximum absolute atomic E-state index is 11.7. The Bertz CT molecular complexity index is 452. The number of halogens is 3. The molecule has 2 N–H and O–H groups in total. The molecule has 0 radical (unpaired) electrons. The number of carbonyl (C=O) groups is 1. The molecule has 0 saturated heterocycles. The normalized spacial score (nSPS) is 12.1. The van der Waals surface area contributed by atoms with Gasteiger partial charge in [-0.05, 0) is 25.5 Å². The van der Waals surface area contributed by atoms with E-state index in [1.54, 1.807) is 12.1 Å². The van der Waals surface area contributed by atoms with Crippen molar-refractivity contribution < 1.29 is 4.79 Å². The Hall–Kier alpha value is -0.640. The summed E-state index contributed by atoms with van der Waals surface area (Å²) in [4.78, 5) is 11.7. The lowest BCUT2D eigenvalue weighted by atomic mass is 10.2. The van der Waals surface area contributed by atoms with Crippen molar-refractivity contribution in [1.82, 2.24) is 5.32 Å². The number of hydrogen-bond acceptors (Lipinski definition) is 2. The predicted octanol–water partition coefficient (Wildman–Crippen LogP) is 4.36. The van der Waals surface area contributed by atoms with Crippen LogP contribution >= 0.6 is 34.8 Å². The highest BCUT2D eigenvalue weighted by molar-refractivity contribution is 6.44. The lowest BCUT2D eigenvalue weighted by Crippen LogP contribution is -2.36. The molecule has 1 atom stereocenters. The van der Waals surface area contributed by atoms with Crippen molar-refractivity contribution in [3.8, 4) is 0 Å². The zero-order valence-corrected chi connectivity index (χ0v) is 13.2. The summed E-state index contributed by atoms with van der Waals surface area (Å²) < 4.78 is 0. The first-order chi connectivity index (χ1) is 8.93. The first kappa shape index (κ1) is 16.4. The maximum Gasteiger partial charge on any atom is 0.239 e. The summed E-state index contributed by atoms with van der Waals surface area (Å²) in [5.74, 6) is -0.0805. The fourth-order valence-corrected chi connectivity index (χ4v) is 2.28. The summed E-state index contributed by atoms with van der Waals surface area (Å²) in [6, 6.07) is 3.32. The minimum absolute atomic E-state index is 0.0805. The largest absolute Gasteiger partial charge is 0.375 e. The van der Waals surface area contributed by atoms with Gasteiger partial charge in [-0.15, -0.1) is 0 Å². The fourth-order valence-electron chi connectivity index (χ4n) is 1.66. The molecule has 19 heavy (non-hydrogen) atoms. The topological polar surface area (TPSA) is 41.1 Å². The van der Waals surface area contributed by atoms with Gasteiger partial charge in [0.05, 0.1) is 27.3 Å². The molecule has 1 rings (SSSR count). The molecule has 0 spiro atoms. The number of carbonyl (C=O) groups excluding carboxylic acids is 1. The van der Waals surface area contributed by atoms with E-state index >= 15 is 0 Å². The third kappa shape index (κ3) is 5.47.